The van der Waals surface area contributed by atoms with Gasteiger partial charge in [0.25, 0.3) is 5.56 Å². The molecule has 1 saturated carbocycles. The lowest BCUT2D eigenvalue weighted by Gasteiger charge is -2.11. The smallest absolute Gasteiger partial charge is 0.284 e. The van der Waals surface area contributed by atoms with Crippen molar-refractivity contribution in [2.45, 2.75) is 25.3 Å². The predicted octanol–water partition coefficient (Wildman–Crippen LogP) is 3.99. The third-order valence-electron chi connectivity index (χ3n) is 5.66. The molecule has 4 aromatic rings. The Balaban J connectivity index is 1.79. The Labute approximate surface area is 203 Å². The van der Waals surface area contributed by atoms with Crippen LogP contribution in [-0.2, 0) is 13.6 Å². The Morgan fingerprint density at radius 1 is 1.29 bits per heavy atom. The molecule has 34 heavy (non-hydrogen) atoms. The van der Waals surface area contributed by atoms with Crippen LogP contribution in [0.5, 0.6) is 0 Å². The first kappa shape index (κ1) is 22.2. The second-order valence-electron chi connectivity index (χ2n) is 8.14. The van der Waals surface area contributed by atoms with Crippen LogP contribution in [0.1, 0.15) is 35.0 Å². The van der Waals surface area contributed by atoms with Gasteiger partial charge < -0.3 is 0 Å². The Morgan fingerprint density at radius 3 is 2.74 bits per heavy atom. The van der Waals surface area contributed by atoms with Crippen molar-refractivity contribution in [2.24, 2.45) is 7.05 Å². The molecule has 5 rings (SSSR count). The monoisotopic (exact) mass is 492 g/mol. The third-order valence-corrected chi connectivity index (χ3v) is 7.01. The second-order valence-corrected chi connectivity index (χ2v) is 9.65. The highest BCUT2D eigenvalue weighted by atomic mass is 35.5. The molecule has 4 heterocycles. The zero-order valence-corrected chi connectivity index (χ0v) is 20.0. The van der Waals surface area contributed by atoms with E-state index in [0.717, 1.165) is 18.4 Å². The molecule has 0 amide bonds. The highest BCUT2D eigenvalue weighted by molar-refractivity contribution is 7.20. The number of nitrogens with zero attached hydrogens (tertiary/aromatic N) is 6. The van der Waals surface area contributed by atoms with Crippen molar-refractivity contribution in [3.63, 3.8) is 0 Å². The molecule has 1 aliphatic carbocycles. The third kappa shape index (κ3) is 3.97. The van der Waals surface area contributed by atoms with Crippen molar-refractivity contribution in [3.8, 4) is 5.69 Å². The van der Waals surface area contributed by atoms with Gasteiger partial charge in [0.05, 0.1) is 23.9 Å². The molecule has 1 fully saturated rings. The molecule has 8 nitrogen and oxygen atoms in total. The van der Waals surface area contributed by atoms with E-state index >= 15 is 0 Å². The lowest BCUT2D eigenvalue weighted by molar-refractivity contribution is 0.669. The minimum Gasteiger partial charge on any atom is -0.284 e. The average Bonchev–Trinajstić information content (AvgIpc) is 3.44. The molecule has 0 N–H and O–H groups in total. The summed E-state index contributed by atoms with van der Waals surface area (Å²) in [7, 11) is 1.76. The second kappa shape index (κ2) is 8.66. The molecule has 0 spiro atoms. The summed E-state index contributed by atoms with van der Waals surface area (Å²) in [6, 6.07) is 3.65. The number of pyridine rings is 1. The quantitative estimate of drug-likeness (QED) is 0.364. The maximum absolute atomic E-state index is 13.7. The summed E-state index contributed by atoms with van der Waals surface area (Å²) >= 11 is 7.47. The zero-order valence-electron chi connectivity index (χ0n) is 18.4. The van der Waals surface area contributed by atoms with Gasteiger partial charge in [-0.1, -0.05) is 36.9 Å². The number of allylic oxidation sites excluding steroid dienone is 4. The van der Waals surface area contributed by atoms with Crippen LogP contribution in [0.4, 0.5) is 0 Å². The lowest BCUT2D eigenvalue weighted by atomic mass is 10.2. The molecule has 0 radical (unpaired) electrons. The Hall–Kier alpha value is -3.56. The van der Waals surface area contributed by atoms with E-state index in [0.29, 0.717) is 43.1 Å². The van der Waals surface area contributed by atoms with Crippen LogP contribution in [0.15, 0.2) is 70.8 Å². The van der Waals surface area contributed by atoms with E-state index in [2.05, 4.69) is 28.2 Å². The van der Waals surface area contributed by atoms with Gasteiger partial charge in [0.1, 0.15) is 11.0 Å². The first-order chi connectivity index (χ1) is 16.4. The summed E-state index contributed by atoms with van der Waals surface area (Å²) in [6.45, 7) is 7.66. The van der Waals surface area contributed by atoms with E-state index in [9.17, 15) is 9.59 Å². The van der Waals surface area contributed by atoms with Crippen LogP contribution >= 0.6 is 22.9 Å². The van der Waals surface area contributed by atoms with Gasteiger partial charge in [0.2, 0.25) is 0 Å². The molecule has 0 aromatic carbocycles. The van der Waals surface area contributed by atoms with E-state index in [1.165, 1.54) is 20.5 Å². The number of halogens is 1. The number of hydrogen-bond acceptors (Lipinski definition) is 6. The Bertz CT molecular complexity index is 1600. The highest BCUT2D eigenvalue weighted by Gasteiger charge is 2.25. The summed E-state index contributed by atoms with van der Waals surface area (Å²) in [5, 5.41) is 4.63. The zero-order chi connectivity index (χ0) is 24.0. The van der Waals surface area contributed by atoms with Crippen LogP contribution in [-0.4, -0.2) is 28.9 Å². The highest BCUT2D eigenvalue weighted by Crippen LogP contribution is 2.40. The maximum Gasteiger partial charge on any atom is 0.336 e. The van der Waals surface area contributed by atoms with E-state index in [1.807, 2.05) is 6.07 Å². The molecular formula is C24H21ClN6O2S. The largest absolute Gasteiger partial charge is 0.336 e. The number of thiophene rings is 1. The van der Waals surface area contributed by atoms with Crippen LogP contribution < -0.4 is 11.2 Å². The van der Waals surface area contributed by atoms with Gasteiger partial charge in [-0.3, -0.25) is 19.0 Å². The molecule has 0 saturated heterocycles. The van der Waals surface area contributed by atoms with Crippen LogP contribution in [0.25, 0.3) is 21.5 Å². The van der Waals surface area contributed by atoms with Gasteiger partial charge >= 0.3 is 5.69 Å². The molecule has 172 valence electrons. The van der Waals surface area contributed by atoms with Gasteiger partial charge in [0.15, 0.2) is 5.82 Å². The molecule has 0 atom stereocenters. The van der Waals surface area contributed by atoms with E-state index in [4.69, 9.17) is 11.6 Å². The first-order valence-electron chi connectivity index (χ1n) is 10.6. The number of rotatable bonds is 7. The molecule has 0 aliphatic heterocycles. The molecule has 10 heteroatoms. The van der Waals surface area contributed by atoms with Crippen LogP contribution in [0.2, 0.25) is 0 Å². The number of fused-ring (bicyclic) bond motifs is 1. The first-order valence-corrected chi connectivity index (χ1v) is 11.8. The van der Waals surface area contributed by atoms with Gasteiger partial charge in [-0.2, -0.15) is 5.10 Å². The van der Waals surface area contributed by atoms with Crippen LogP contribution in [0, 0.1) is 0 Å². The summed E-state index contributed by atoms with van der Waals surface area (Å²) < 4.78 is 4.67. The summed E-state index contributed by atoms with van der Waals surface area (Å²) in [4.78, 5) is 36.6. The van der Waals surface area contributed by atoms with Gasteiger partial charge in [0, 0.05) is 28.7 Å². The summed E-state index contributed by atoms with van der Waals surface area (Å²) in [5.41, 5.74) is 1.71. The molecule has 1 aliphatic rings. The van der Waals surface area contributed by atoms with Crippen molar-refractivity contribution in [3.05, 3.63) is 98.3 Å². The maximum atomic E-state index is 13.7. The lowest BCUT2D eigenvalue weighted by Crippen LogP contribution is -2.39. The van der Waals surface area contributed by atoms with Crippen molar-refractivity contribution in [2.75, 3.05) is 0 Å². The standard InChI is InChI=1S/C24H21ClN6O2S/c1-4-5-18(14(2)25)20-9-19-22(34-20)23(32)31(17-8-16(10-26-11-17)15-6-7-15)24(33)30(19)12-21-27-13-29(3)28-21/h4-5,8-11,13,15H,1-2,6-7,12H2,3H3/b18-5+. The topological polar surface area (TPSA) is 87.6 Å². The molecule has 0 unspecified atom stereocenters. The Kier molecular flexibility index (Phi) is 5.66. The number of hydrogen-bond donors (Lipinski definition) is 0. The minimum absolute atomic E-state index is 0.102. The fourth-order valence-electron chi connectivity index (χ4n) is 3.89. The molecule has 0 bridgehead atoms. The van der Waals surface area contributed by atoms with E-state index in [-0.39, 0.29) is 6.54 Å². The SMILES string of the molecule is C=C/C=C(\C(=C)Cl)c1cc2c(s1)c(=O)n(-c1cncc(C3CC3)c1)c(=O)n2Cc1ncn(C)n1. The van der Waals surface area contributed by atoms with Gasteiger partial charge in [-0.25, -0.2) is 14.3 Å². The van der Waals surface area contributed by atoms with Crippen LogP contribution in [0.3, 0.4) is 0 Å². The fraction of sp³-hybridized carbons (Fsp3) is 0.208. The number of aryl methyl sites for hydroxylation is 1. The van der Waals surface area contributed by atoms with Gasteiger partial charge in [-0.15, -0.1) is 11.3 Å². The molecule has 4 aromatic heterocycles. The summed E-state index contributed by atoms with van der Waals surface area (Å²) in [5.74, 6) is 0.888. The van der Waals surface area contributed by atoms with E-state index in [1.54, 1.807) is 48.7 Å². The van der Waals surface area contributed by atoms with Crippen molar-refractivity contribution in [1.82, 2.24) is 28.9 Å². The summed E-state index contributed by atoms with van der Waals surface area (Å²) in [6.07, 6.45) is 10.4. The van der Waals surface area contributed by atoms with Crippen molar-refractivity contribution < 1.29 is 0 Å². The average molecular weight is 493 g/mol. The fourth-order valence-corrected chi connectivity index (χ4v) is 5.25. The van der Waals surface area contributed by atoms with Crippen molar-refractivity contribution in [1.29, 1.82) is 0 Å². The van der Waals surface area contributed by atoms with Crippen molar-refractivity contribution >= 4 is 38.7 Å². The minimum atomic E-state index is -0.483. The normalized spacial score (nSPS) is 14.0. The van der Waals surface area contributed by atoms with E-state index < -0.39 is 11.2 Å². The Morgan fingerprint density at radius 2 is 2.09 bits per heavy atom. The van der Waals surface area contributed by atoms with Gasteiger partial charge in [-0.05, 0) is 36.5 Å². The number of aromatic nitrogens is 6. The molecular weight excluding hydrogens is 472 g/mol. The predicted molar refractivity (Wildman–Crippen MR) is 135 cm³/mol.